The van der Waals surface area contributed by atoms with Crippen molar-refractivity contribution in [1.82, 2.24) is 9.78 Å². The second-order valence-electron chi connectivity index (χ2n) is 5.95. The summed E-state index contributed by atoms with van der Waals surface area (Å²) in [6.07, 6.45) is 3.11. The number of rotatable bonds is 1. The highest BCUT2D eigenvalue weighted by Gasteiger charge is 2.33. The van der Waals surface area contributed by atoms with E-state index in [9.17, 15) is 4.39 Å². The average molecular weight is 294 g/mol. The van der Waals surface area contributed by atoms with Crippen molar-refractivity contribution in [1.29, 1.82) is 0 Å². The van der Waals surface area contributed by atoms with Gasteiger partial charge in [-0.2, -0.15) is 5.10 Å². The number of fused-ring (bicyclic) bond motifs is 1. The van der Waals surface area contributed by atoms with E-state index in [2.05, 4.69) is 18.9 Å². The minimum Gasteiger partial charge on any atom is -0.383 e. The highest BCUT2D eigenvalue weighted by atomic mass is 35.5. The zero-order valence-corrected chi connectivity index (χ0v) is 12.3. The van der Waals surface area contributed by atoms with Gasteiger partial charge in [0.1, 0.15) is 11.6 Å². The number of aryl methyl sites for hydroxylation is 1. The largest absolute Gasteiger partial charge is 0.383 e. The van der Waals surface area contributed by atoms with E-state index >= 15 is 0 Å². The average Bonchev–Trinajstić information content (AvgIpc) is 2.71. The first-order valence-corrected chi connectivity index (χ1v) is 7.11. The third kappa shape index (κ3) is 1.99. The van der Waals surface area contributed by atoms with Gasteiger partial charge >= 0.3 is 0 Å². The van der Waals surface area contributed by atoms with Gasteiger partial charge in [0.05, 0.1) is 16.4 Å². The van der Waals surface area contributed by atoms with Crippen molar-refractivity contribution in [3.8, 4) is 5.69 Å². The van der Waals surface area contributed by atoms with Crippen LogP contribution < -0.4 is 5.73 Å². The molecular formula is C15H17ClFN3. The molecule has 1 aliphatic rings. The van der Waals surface area contributed by atoms with Gasteiger partial charge < -0.3 is 5.73 Å². The Labute approximate surface area is 122 Å². The molecule has 2 N–H and O–H groups in total. The number of hydrogen-bond donors (Lipinski definition) is 1. The highest BCUT2D eigenvalue weighted by molar-refractivity contribution is 6.30. The molecule has 106 valence electrons. The fourth-order valence-electron chi connectivity index (χ4n) is 3.03. The summed E-state index contributed by atoms with van der Waals surface area (Å²) in [4.78, 5) is 0. The van der Waals surface area contributed by atoms with Gasteiger partial charge in [0, 0.05) is 11.6 Å². The molecule has 0 saturated heterocycles. The number of aromatic nitrogens is 2. The molecule has 1 aromatic carbocycles. The molecule has 1 heterocycles. The third-order valence-electron chi connectivity index (χ3n) is 4.03. The minimum absolute atomic E-state index is 0.0148. The van der Waals surface area contributed by atoms with Gasteiger partial charge in [-0.15, -0.1) is 0 Å². The molecule has 2 aromatic rings. The number of nitrogens with zero attached hydrogens (tertiary/aromatic N) is 2. The van der Waals surface area contributed by atoms with Gasteiger partial charge in [0.2, 0.25) is 0 Å². The molecule has 3 nitrogen and oxygen atoms in total. The van der Waals surface area contributed by atoms with Crippen molar-refractivity contribution in [3.63, 3.8) is 0 Å². The number of benzene rings is 1. The summed E-state index contributed by atoms with van der Waals surface area (Å²) in [7, 11) is 0. The molecule has 0 atom stereocenters. The van der Waals surface area contributed by atoms with Gasteiger partial charge in [-0.1, -0.05) is 25.4 Å². The highest BCUT2D eigenvalue weighted by Crippen LogP contribution is 2.40. The normalized spacial score (nSPS) is 17.0. The Kier molecular flexibility index (Phi) is 3.01. The quantitative estimate of drug-likeness (QED) is 0.867. The summed E-state index contributed by atoms with van der Waals surface area (Å²) in [5, 5.41) is 4.67. The molecule has 3 rings (SSSR count). The molecular weight excluding hydrogens is 277 g/mol. The van der Waals surface area contributed by atoms with Crippen molar-refractivity contribution >= 4 is 17.4 Å². The summed E-state index contributed by atoms with van der Waals surface area (Å²) in [6.45, 7) is 4.35. The lowest BCUT2D eigenvalue weighted by Crippen LogP contribution is -2.24. The molecule has 1 aromatic heterocycles. The van der Waals surface area contributed by atoms with E-state index in [1.165, 1.54) is 12.1 Å². The number of anilines is 1. The fraction of sp³-hybridized carbons (Fsp3) is 0.400. The van der Waals surface area contributed by atoms with Crippen LogP contribution in [0, 0.1) is 5.82 Å². The first-order chi connectivity index (χ1) is 9.40. The van der Waals surface area contributed by atoms with Crippen molar-refractivity contribution in [3.05, 3.63) is 40.3 Å². The Balaban J connectivity index is 2.16. The van der Waals surface area contributed by atoms with Crippen molar-refractivity contribution in [2.45, 2.75) is 38.5 Å². The van der Waals surface area contributed by atoms with Gasteiger partial charge in [-0.05, 0) is 36.8 Å². The topological polar surface area (TPSA) is 43.8 Å². The Morgan fingerprint density at radius 3 is 2.80 bits per heavy atom. The van der Waals surface area contributed by atoms with E-state index in [-0.39, 0.29) is 10.4 Å². The van der Waals surface area contributed by atoms with E-state index in [1.807, 2.05) is 0 Å². The van der Waals surface area contributed by atoms with Crippen LogP contribution in [0.2, 0.25) is 5.02 Å². The van der Waals surface area contributed by atoms with Gasteiger partial charge in [0.15, 0.2) is 0 Å². The van der Waals surface area contributed by atoms with Crippen LogP contribution in [-0.2, 0) is 11.8 Å². The summed E-state index contributed by atoms with van der Waals surface area (Å²) < 4.78 is 15.2. The lowest BCUT2D eigenvalue weighted by molar-refractivity contribution is 0.432. The Morgan fingerprint density at radius 2 is 2.15 bits per heavy atom. The second-order valence-corrected chi connectivity index (χ2v) is 6.36. The van der Waals surface area contributed by atoms with E-state index in [4.69, 9.17) is 17.3 Å². The summed E-state index contributed by atoms with van der Waals surface area (Å²) in [6, 6.07) is 4.62. The number of nitrogen functional groups attached to an aromatic ring is 1. The maximum atomic E-state index is 13.6. The Bertz CT molecular complexity index is 676. The van der Waals surface area contributed by atoms with Crippen molar-refractivity contribution < 1.29 is 4.39 Å². The number of hydrogen-bond acceptors (Lipinski definition) is 2. The SMILES string of the molecule is CC1(C)CCCc2nn(-c3ccc(Cl)c(F)c3)c(N)c21. The van der Waals surface area contributed by atoms with E-state index in [0.717, 1.165) is 30.5 Å². The van der Waals surface area contributed by atoms with Crippen LogP contribution in [0.4, 0.5) is 10.2 Å². The zero-order chi connectivity index (χ0) is 14.5. The monoisotopic (exact) mass is 293 g/mol. The lowest BCUT2D eigenvalue weighted by atomic mass is 9.75. The van der Waals surface area contributed by atoms with Gasteiger partial charge in [-0.25, -0.2) is 9.07 Å². The third-order valence-corrected chi connectivity index (χ3v) is 4.34. The molecule has 0 aliphatic heterocycles. The number of nitrogens with two attached hydrogens (primary N) is 1. The predicted octanol–water partition coefficient (Wildman–Crippen LogP) is 3.86. The summed E-state index contributed by atoms with van der Waals surface area (Å²) in [5.74, 6) is 0.141. The molecule has 0 spiro atoms. The smallest absolute Gasteiger partial charge is 0.143 e. The molecule has 0 unspecified atom stereocenters. The Hall–Kier alpha value is -1.55. The molecule has 0 fully saturated rings. The van der Waals surface area contributed by atoms with Crippen LogP contribution in [0.15, 0.2) is 18.2 Å². The maximum Gasteiger partial charge on any atom is 0.143 e. The Morgan fingerprint density at radius 1 is 1.40 bits per heavy atom. The van der Waals surface area contributed by atoms with Crippen molar-refractivity contribution in [2.75, 3.05) is 5.73 Å². The standard InChI is InChI=1S/C15H17ClFN3/c1-15(2)7-3-4-12-13(15)14(18)20(19-12)9-5-6-10(16)11(17)8-9/h5-6,8H,3-4,7,18H2,1-2H3. The first kappa shape index (κ1) is 13.4. The van der Waals surface area contributed by atoms with E-state index < -0.39 is 5.82 Å². The van der Waals surface area contributed by atoms with Gasteiger partial charge in [-0.3, -0.25) is 0 Å². The molecule has 20 heavy (non-hydrogen) atoms. The molecule has 0 radical (unpaired) electrons. The molecule has 5 heteroatoms. The summed E-state index contributed by atoms with van der Waals surface area (Å²) in [5.41, 5.74) is 9.00. The van der Waals surface area contributed by atoms with Crippen LogP contribution in [0.25, 0.3) is 5.69 Å². The molecule has 0 saturated carbocycles. The fourth-order valence-corrected chi connectivity index (χ4v) is 3.14. The second kappa shape index (κ2) is 4.48. The molecule has 0 amide bonds. The maximum absolute atomic E-state index is 13.6. The van der Waals surface area contributed by atoms with Crippen LogP contribution >= 0.6 is 11.6 Å². The van der Waals surface area contributed by atoms with Crippen LogP contribution in [-0.4, -0.2) is 9.78 Å². The summed E-state index contributed by atoms with van der Waals surface area (Å²) >= 11 is 5.72. The minimum atomic E-state index is -0.462. The van der Waals surface area contributed by atoms with E-state index in [1.54, 1.807) is 10.7 Å². The van der Waals surface area contributed by atoms with Crippen molar-refractivity contribution in [2.24, 2.45) is 0 Å². The zero-order valence-electron chi connectivity index (χ0n) is 11.6. The van der Waals surface area contributed by atoms with Gasteiger partial charge in [0.25, 0.3) is 0 Å². The predicted molar refractivity (Wildman–Crippen MR) is 78.9 cm³/mol. The first-order valence-electron chi connectivity index (χ1n) is 6.73. The number of halogens is 2. The van der Waals surface area contributed by atoms with Crippen LogP contribution in [0.3, 0.4) is 0 Å². The van der Waals surface area contributed by atoms with Crippen LogP contribution in [0.5, 0.6) is 0 Å². The van der Waals surface area contributed by atoms with Crippen LogP contribution in [0.1, 0.15) is 37.9 Å². The molecule has 1 aliphatic carbocycles. The lowest BCUT2D eigenvalue weighted by Gasteiger charge is -2.29. The van der Waals surface area contributed by atoms with E-state index in [0.29, 0.717) is 11.5 Å². The molecule has 0 bridgehead atoms.